The van der Waals surface area contributed by atoms with Crippen molar-refractivity contribution in [1.82, 2.24) is 9.88 Å². The van der Waals surface area contributed by atoms with E-state index < -0.39 is 0 Å². The monoisotopic (exact) mass is 382 g/mol. The fraction of sp³-hybridized carbons (Fsp3) is 0.238. The van der Waals surface area contributed by atoms with Gasteiger partial charge in [-0.25, -0.2) is 4.98 Å². The lowest BCUT2D eigenvalue weighted by molar-refractivity contribution is 0.0773. The van der Waals surface area contributed by atoms with Crippen molar-refractivity contribution in [2.24, 2.45) is 0 Å². The molecule has 0 N–H and O–H groups in total. The summed E-state index contributed by atoms with van der Waals surface area (Å²) in [6.07, 6.45) is 0. The molecule has 0 aliphatic rings. The first kappa shape index (κ1) is 18.9. The Morgan fingerprint density at radius 2 is 1.93 bits per heavy atom. The van der Waals surface area contributed by atoms with E-state index in [9.17, 15) is 4.79 Å². The zero-order valence-corrected chi connectivity index (χ0v) is 16.2. The van der Waals surface area contributed by atoms with E-state index in [0.29, 0.717) is 31.1 Å². The second-order valence-electron chi connectivity index (χ2n) is 6.18. The number of aryl methyl sites for hydroxylation is 1. The molecular formula is C21H22N2O3S. The molecule has 0 aliphatic heterocycles. The molecule has 0 atom stereocenters. The third-order valence-electron chi connectivity index (χ3n) is 4.00. The quantitative estimate of drug-likeness (QED) is 0.586. The second kappa shape index (κ2) is 9.19. The third-order valence-corrected chi connectivity index (χ3v) is 4.64. The molecule has 140 valence electrons. The highest BCUT2D eigenvalue weighted by Crippen LogP contribution is 2.16. The predicted molar refractivity (Wildman–Crippen MR) is 107 cm³/mol. The van der Waals surface area contributed by atoms with E-state index in [-0.39, 0.29) is 5.91 Å². The van der Waals surface area contributed by atoms with Crippen LogP contribution in [0, 0.1) is 6.92 Å². The Balaban J connectivity index is 1.47. The minimum absolute atomic E-state index is 0.0473. The molecule has 0 bridgehead atoms. The van der Waals surface area contributed by atoms with E-state index in [1.807, 2.05) is 36.6 Å². The number of benzene rings is 2. The van der Waals surface area contributed by atoms with E-state index in [0.717, 1.165) is 17.0 Å². The summed E-state index contributed by atoms with van der Waals surface area (Å²) in [6.45, 7) is 3.40. The molecule has 0 aliphatic carbocycles. The summed E-state index contributed by atoms with van der Waals surface area (Å²) in [7, 11) is 1.77. The number of carbonyl (C=O) groups is 1. The van der Waals surface area contributed by atoms with Crippen LogP contribution in [0.4, 0.5) is 0 Å². The second-order valence-corrected chi connectivity index (χ2v) is 6.90. The maximum Gasteiger partial charge on any atom is 0.253 e. The molecule has 0 fully saturated rings. The van der Waals surface area contributed by atoms with Crippen molar-refractivity contribution in [3.05, 3.63) is 76.2 Å². The highest BCUT2D eigenvalue weighted by molar-refractivity contribution is 7.07. The molecule has 1 amide bonds. The molecule has 0 saturated carbocycles. The lowest BCUT2D eigenvalue weighted by atomic mass is 10.2. The molecule has 0 saturated heterocycles. The Morgan fingerprint density at radius 1 is 1.11 bits per heavy atom. The summed E-state index contributed by atoms with van der Waals surface area (Å²) in [5.74, 6) is 1.48. The summed E-state index contributed by atoms with van der Waals surface area (Å²) in [5.41, 5.74) is 4.44. The van der Waals surface area contributed by atoms with Crippen LogP contribution in [-0.4, -0.2) is 36.0 Å². The number of thiazole rings is 1. The molecule has 3 aromatic rings. The van der Waals surface area contributed by atoms with Gasteiger partial charge in [-0.15, -0.1) is 11.3 Å². The third kappa shape index (κ3) is 5.56. The number of rotatable bonds is 8. The minimum Gasteiger partial charge on any atom is -0.492 e. The van der Waals surface area contributed by atoms with E-state index >= 15 is 0 Å². The molecule has 0 spiro atoms. The summed E-state index contributed by atoms with van der Waals surface area (Å²) < 4.78 is 11.4. The SMILES string of the molecule is Cc1cccc(OCCN(C)C(=O)c2ccc(OCc3cscn3)cc2)c1. The zero-order valence-electron chi connectivity index (χ0n) is 15.4. The van der Waals surface area contributed by atoms with Crippen LogP contribution in [0.2, 0.25) is 0 Å². The maximum atomic E-state index is 12.5. The van der Waals surface area contributed by atoms with Crippen LogP contribution in [0.25, 0.3) is 0 Å². The Bertz CT molecular complexity index is 863. The fourth-order valence-corrected chi connectivity index (χ4v) is 3.03. The molecule has 27 heavy (non-hydrogen) atoms. The van der Waals surface area contributed by atoms with E-state index in [2.05, 4.69) is 4.98 Å². The smallest absolute Gasteiger partial charge is 0.253 e. The molecule has 6 heteroatoms. The number of hydrogen-bond donors (Lipinski definition) is 0. The average molecular weight is 382 g/mol. The standard InChI is InChI=1S/C21H22N2O3S/c1-16-4-3-5-20(12-16)25-11-10-23(2)21(24)17-6-8-19(9-7-17)26-13-18-14-27-15-22-18/h3-9,12,14-15H,10-11,13H2,1-2H3. The largest absolute Gasteiger partial charge is 0.492 e. The van der Waals surface area contributed by atoms with Crippen LogP contribution >= 0.6 is 11.3 Å². The first-order valence-electron chi connectivity index (χ1n) is 8.66. The lowest BCUT2D eigenvalue weighted by Gasteiger charge is -2.18. The molecule has 3 rings (SSSR count). The van der Waals surface area contributed by atoms with Crippen molar-refractivity contribution >= 4 is 17.2 Å². The van der Waals surface area contributed by atoms with E-state index in [1.54, 1.807) is 41.7 Å². The number of aromatic nitrogens is 1. The number of likely N-dealkylation sites (N-methyl/N-ethyl adjacent to an activating group) is 1. The molecule has 0 radical (unpaired) electrons. The van der Waals surface area contributed by atoms with Gasteiger partial charge >= 0.3 is 0 Å². The van der Waals surface area contributed by atoms with Gasteiger partial charge in [0.2, 0.25) is 0 Å². The first-order chi connectivity index (χ1) is 13.1. The van der Waals surface area contributed by atoms with Crippen molar-refractivity contribution in [3.63, 3.8) is 0 Å². The summed E-state index contributed by atoms with van der Waals surface area (Å²) in [4.78, 5) is 18.3. The maximum absolute atomic E-state index is 12.5. The zero-order chi connectivity index (χ0) is 19.1. The van der Waals surface area contributed by atoms with Gasteiger partial charge in [0, 0.05) is 18.0 Å². The van der Waals surface area contributed by atoms with Crippen LogP contribution in [-0.2, 0) is 6.61 Å². The van der Waals surface area contributed by atoms with Crippen LogP contribution in [0.5, 0.6) is 11.5 Å². The Hall–Kier alpha value is -2.86. The van der Waals surface area contributed by atoms with Gasteiger partial charge in [-0.3, -0.25) is 4.79 Å². The summed E-state index contributed by atoms with van der Waals surface area (Å²) in [5, 5.41) is 1.95. The van der Waals surface area contributed by atoms with E-state index in [1.165, 1.54) is 11.3 Å². The van der Waals surface area contributed by atoms with Gasteiger partial charge in [-0.2, -0.15) is 0 Å². The Morgan fingerprint density at radius 3 is 2.63 bits per heavy atom. The van der Waals surface area contributed by atoms with Gasteiger partial charge in [-0.1, -0.05) is 12.1 Å². The average Bonchev–Trinajstić information content (AvgIpc) is 3.20. The normalized spacial score (nSPS) is 10.4. The topological polar surface area (TPSA) is 51.7 Å². The summed E-state index contributed by atoms with van der Waals surface area (Å²) in [6, 6.07) is 15.0. The number of amides is 1. The van der Waals surface area contributed by atoms with Crippen molar-refractivity contribution in [2.75, 3.05) is 20.2 Å². The van der Waals surface area contributed by atoms with Crippen molar-refractivity contribution in [1.29, 1.82) is 0 Å². The number of nitrogens with zero attached hydrogens (tertiary/aromatic N) is 2. The van der Waals surface area contributed by atoms with Gasteiger partial charge in [0.15, 0.2) is 0 Å². The fourth-order valence-electron chi connectivity index (χ4n) is 2.49. The van der Waals surface area contributed by atoms with Gasteiger partial charge in [0.05, 0.1) is 17.7 Å². The molecule has 0 unspecified atom stereocenters. The minimum atomic E-state index is -0.0473. The van der Waals surface area contributed by atoms with Gasteiger partial charge < -0.3 is 14.4 Å². The van der Waals surface area contributed by atoms with Gasteiger partial charge in [0.1, 0.15) is 24.7 Å². The lowest BCUT2D eigenvalue weighted by Crippen LogP contribution is -2.30. The Labute approximate surface area is 163 Å². The van der Waals surface area contributed by atoms with Gasteiger partial charge in [-0.05, 0) is 48.9 Å². The molecule has 5 nitrogen and oxygen atoms in total. The predicted octanol–water partition coefficient (Wildman–Crippen LogP) is 4.18. The van der Waals surface area contributed by atoms with Crippen molar-refractivity contribution < 1.29 is 14.3 Å². The highest BCUT2D eigenvalue weighted by Gasteiger charge is 2.12. The Kier molecular flexibility index (Phi) is 6.44. The van der Waals surface area contributed by atoms with Crippen LogP contribution < -0.4 is 9.47 Å². The van der Waals surface area contributed by atoms with Crippen LogP contribution in [0.1, 0.15) is 21.6 Å². The number of ether oxygens (including phenoxy) is 2. The van der Waals surface area contributed by atoms with Crippen molar-refractivity contribution in [2.45, 2.75) is 13.5 Å². The molecule has 2 aromatic carbocycles. The molecule has 1 aromatic heterocycles. The molecule has 1 heterocycles. The van der Waals surface area contributed by atoms with Crippen molar-refractivity contribution in [3.8, 4) is 11.5 Å². The molecular weight excluding hydrogens is 360 g/mol. The van der Waals surface area contributed by atoms with E-state index in [4.69, 9.17) is 9.47 Å². The first-order valence-corrected chi connectivity index (χ1v) is 9.61. The summed E-state index contributed by atoms with van der Waals surface area (Å²) >= 11 is 1.54. The van der Waals surface area contributed by atoms with Crippen LogP contribution in [0.3, 0.4) is 0 Å². The highest BCUT2D eigenvalue weighted by atomic mass is 32.1. The number of hydrogen-bond acceptors (Lipinski definition) is 5. The van der Waals surface area contributed by atoms with Crippen LogP contribution in [0.15, 0.2) is 59.4 Å². The van der Waals surface area contributed by atoms with Gasteiger partial charge in [0.25, 0.3) is 5.91 Å². The number of carbonyl (C=O) groups excluding carboxylic acids is 1.